The maximum absolute atomic E-state index is 11.8. The molecule has 0 amide bonds. The van der Waals surface area contributed by atoms with E-state index in [0.717, 1.165) is 40.4 Å². The fraction of sp³-hybridized carbons (Fsp3) is 0.316. The molecular formula is C19H20BrNO3. The lowest BCUT2D eigenvalue weighted by atomic mass is 9.98. The molecule has 2 atom stereocenters. The zero-order chi connectivity index (χ0) is 17.3. The van der Waals surface area contributed by atoms with Crippen LogP contribution in [0.2, 0.25) is 0 Å². The number of carboxylic acids is 1. The molecule has 0 spiro atoms. The first-order chi connectivity index (χ1) is 11.5. The lowest BCUT2D eigenvalue weighted by Crippen LogP contribution is -2.28. The molecule has 24 heavy (non-hydrogen) atoms. The molecule has 0 heterocycles. The van der Waals surface area contributed by atoms with E-state index in [0.29, 0.717) is 5.70 Å². The largest absolute Gasteiger partial charge is 0.478 e. The molecule has 2 aliphatic carbocycles. The van der Waals surface area contributed by atoms with Gasteiger partial charge < -0.3 is 15.2 Å². The maximum Gasteiger partial charge on any atom is 0.337 e. The zero-order valence-corrected chi connectivity index (χ0v) is 15.1. The van der Waals surface area contributed by atoms with Crippen LogP contribution in [0.5, 0.6) is 0 Å². The fourth-order valence-electron chi connectivity index (χ4n) is 3.33. The van der Waals surface area contributed by atoms with Crippen LogP contribution < -0.4 is 5.32 Å². The van der Waals surface area contributed by atoms with Crippen molar-refractivity contribution < 1.29 is 14.6 Å². The molecule has 126 valence electrons. The van der Waals surface area contributed by atoms with Crippen LogP contribution >= 0.6 is 15.9 Å². The van der Waals surface area contributed by atoms with Gasteiger partial charge in [-0.25, -0.2) is 4.79 Å². The van der Waals surface area contributed by atoms with Crippen molar-refractivity contribution in [1.82, 2.24) is 5.32 Å². The molecule has 0 aromatic heterocycles. The minimum atomic E-state index is -0.948. The smallest absolute Gasteiger partial charge is 0.337 e. The highest BCUT2D eigenvalue weighted by molar-refractivity contribution is 9.10. The highest BCUT2D eigenvalue weighted by Gasteiger charge is 2.28. The number of rotatable bonds is 4. The average molecular weight is 390 g/mol. The topological polar surface area (TPSA) is 58.6 Å². The second-order valence-electron chi connectivity index (χ2n) is 6.15. The standard InChI is InChI=1S/C19H20BrNO3/c1-11-3-7-16(19(22)23)18(17-9-12(20)4-8-15(11)17)21-13-5-6-14(10-13)24-2/h3-4,7-9,13-14,21H,1,5-6,10H2,2H3,(H,22,23)/t13-,14-/m1/s1. The number of hydrogen-bond donors (Lipinski definition) is 2. The van der Waals surface area contributed by atoms with Crippen LogP contribution in [0.15, 0.2) is 47.0 Å². The summed E-state index contributed by atoms with van der Waals surface area (Å²) in [5.41, 5.74) is 3.51. The van der Waals surface area contributed by atoms with Gasteiger partial charge in [-0.3, -0.25) is 0 Å². The predicted molar refractivity (Wildman–Crippen MR) is 98.4 cm³/mol. The molecule has 1 aromatic rings. The quantitative estimate of drug-likeness (QED) is 0.817. The summed E-state index contributed by atoms with van der Waals surface area (Å²) in [6, 6.07) is 6.05. The van der Waals surface area contributed by atoms with E-state index in [1.165, 1.54) is 0 Å². The number of benzene rings is 1. The molecule has 0 radical (unpaired) electrons. The van der Waals surface area contributed by atoms with Gasteiger partial charge in [-0.2, -0.15) is 0 Å². The monoisotopic (exact) mass is 389 g/mol. The van der Waals surface area contributed by atoms with Crippen LogP contribution in [0.3, 0.4) is 0 Å². The van der Waals surface area contributed by atoms with Crippen LogP contribution in [-0.2, 0) is 9.53 Å². The Hall–Kier alpha value is -1.85. The number of halogens is 1. The van der Waals surface area contributed by atoms with Crippen LogP contribution in [0.25, 0.3) is 11.3 Å². The second kappa shape index (κ2) is 6.95. The van der Waals surface area contributed by atoms with Crippen LogP contribution in [-0.4, -0.2) is 30.3 Å². The summed E-state index contributed by atoms with van der Waals surface area (Å²) in [5, 5.41) is 13.1. The fourth-order valence-corrected chi connectivity index (χ4v) is 3.69. The highest BCUT2D eigenvalue weighted by atomic mass is 79.9. The number of hydrogen-bond acceptors (Lipinski definition) is 3. The Morgan fingerprint density at radius 2 is 2.12 bits per heavy atom. The molecule has 1 aromatic carbocycles. The summed E-state index contributed by atoms with van der Waals surface area (Å²) in [6.45, 7) is 4.06. The van der Waals surface area contributed by atoms with Gasteiger partial charge in [0.2, 0.25) is 0 Å². The van der Waals surface area contributed by atoms with E-state index >= 15 is 0 Å². The third kappa shape index (κ3) is 3.32. The first-order valence-corrected chi connectivity index (χ1v) is 8.73. The van der Waals surface area contributed by atoms with Gasteiger partial charge in [-0.15, -0.1) is 0 Å². The molecule has 0 saturated heterocycles. The van der Waals surface area contributed by atoms with E-state index in [1.54, 1.807) is 19.3 Å². The van der Waals surface area contributed by atoms with Gasteiger partial charge in [0.25, 0.3) is 0 Å². The van der Waals surface area contributed by atoms with Crippen LogP contribution in [0.1, 0.15) is 30.4 Å². The minimum Gasteiger partial charge on any atom is -0.478 e. The average Bonchev–Trinajstić information content (AvgIpc) is 2.95. The van der Waals surface area contributed by atoms with E-state index < -0.39 is 5.97 Å². The van der Waals surface area contributed by atoms with Crippen LogP contribution in [0, 0.1) is 0 Å². The third-order valence-corrected chi connectivity index (χ3v) is 5.11. The summed E-state index contributed by atoms with van der Waals surface area (Å²) in [5.74, 6) is -0.948. The highest BCUT2D eigenvalue weighted by Crippen LogP contribution is 2.34. The van der Waals surface area contributed by atoms with Gasteiger partial charge in [-0.05, 0) is 48.6 Å². The Morgan fingerprint density at radius 1 is 1.33 bits per heavy atom. The molecule has 0 bridgehead atoms. The SMILES string of the molecule is C=C1C=CC(C(=O)O)=C(N[C@@H]2CC[C@@H](OC)C2)c2cc(Br)ccc21. The van der Waals surface area contributed by atoms with Crippen LogP contribution in [0.4, 0.5) is 0 Å². The normalized spacial score (nSPS) is 23.2. The molecule has 4 nitrogen and oxygen atoms in total. The van der Waals surface area contributed by atoms with Gasteiger partial charge in [0.15, 0.2) is 0 Å². The molecular weight excluding hydrogens is 370 g/mol. The number of allylic oxidation sites excluding steroid dienone is 2. The summed E-state index contributed by atoms with van der Waals surface area (Å²) in [4.78, 5) is 11.8. The lowest BCUT2D eigenvalue weighted by molar-refractivity contribution is -0.132. The molecule has 5 heteroatoms. The molecule has 1 saturated carbocycles. The lowest BCUT2D eigenvalue weighted by Gasteiger charge is -2.21. The van der Waals surface area contributed by atoms with E-state index in [2.05, 4.69) is 27.8 Å². The maximum atomic E-state index is 11.8. The number of ether oxygens (including phenoxy) is 1. The van der Waals surface area contributed by atoms with Crippen molar-refractivity contribution in [3.63, 3.8) is 0 Å². The van der Waals surface area contributed by atoms with E-state index in [-0.39, 0.29) is 17.7 Å². The first kappa shape index (κ1) is 17.0. The number of methoxy groups -OCH3 is 1. The number of carbonyl (C=O) groups is 1. The molecule has 3 rings (SSSR count). The minimum absolute atomic E-state index is 0.200. The Bertz CT molecular complexity index is 751. The van der Waals surface area contributed by atoms with Gasteiger partial charge >= 0.3 is 5.97 Å². The number of aliphatic carboxylic acids is 1. The van der Waals surface area contributed by atoms with Crippen molar-refractivity contribution in [1.29, 1.82) is 0 Å². The van der Waals surface area contributed by atoms with E-state index in [9.17, 15) is 9.90 Å². The summed E-state index contributed by atoms with van der Waals surface area (Å²) < 4.78 is 6.33. The van der Waals surface area contributed by atoms with E-state index in [4.69, 9.17) is 4.74 Å². The van der Waals surface area contributed by atoms with Crippen molar-refractivity contribution in [3.8, 4) is 0 Å². The van der Waals surface area contributed by atoms with Gasteiger partial charge in [0, 0.05) is 23.2 Å². The van der Waals surface area contributed by atoms with Crippen molar-refractivity contribution >= 4 is 33.2 Å². The molecule has 0 unspecified atom stereocenters. The Balaban J connectivity index is 2.06. The molecule has 0 aliphatic heterocycles. The summed E-state index contributed by atoms with van der Waals surface area (Å²) >= 11 is 3.49. The second-order valence-corrected chi connectivity index (χ2v) is 7.07. The third-order valence-electron chi connectivity index (χ3n) is 4.61. The number of carboxylic acid groups (broad SMARTS) is 1. The van der Waals surface area contributed by atoms with Crippen molar-refractivity contribution in [2.45, 2.75) is 31.4 Å². The van der Waals surface area contributed by atoms with Gasteiger partial charge in [0.1, 0.15) is 0 Å². The molecule has 1 fully saturated rings. The first-order valence-electron chi connectivity index (χ1n) is 7.93. The molecule has 2 N–H and O–H groups in total. The van der Waals surface area contributed by atoms with Crippen molar-refractivity contribution in [3.05, 3.63) is 58.1 Å². The van der Waals surface area contributed by atoms with Crippen molar-refractivity contribution in [2.75, 3.05) is 7.11 Å². The Morgan fingerprint density at radius 3 is 2.79 bits per heavy atom. The molecule has 2 aliphatic rings. The summed E-state index contributed by atoms with van der Waals surface area (Å²) in [6.07, 6.45) is 6.44. The zero-order valence-electron chi connectivity index (χ0n) is 13.5. The number of fused-ring (bicyclic) bond motifs is 1. The number of nitrogens with one attached hydrogen (secondary N) is 1. The Kier molecular flexibility index (Phi) is 4.92. The van der Waals surface area contributed by atoms with E-state index in [1.807, 2.05) is 18.2 Å². The summed E-state index contributed by atoms with van der Waals surface area (Å²) in [7, 11) is 1.72. The predicted octanol–water partition coefficient (Wildman–Crippen LogP) is 3.98. The van der Waals surface area contributed by atoms with Crippen molar-refractivity contribution in [2.24, 2.45) is 0 Å². The Labute approximate surface area is 150 Å². The van der Waals surface area contributed by atoms with Gasteiger partial charge in [-0.1, -0.05) is 34.7 Å². The van der Waals surface area contributed by atoms with Gasteiger partial charge in [0.05, 0.1) is 17.4 Å².